The van der Waals surface area contributed by atoms with Crippen molar-refractivity contribution in [1.82, 2.24) is 4.90 Å². The van der Waals surface area contributed by atoms with Gasteiger partial charge in [-0.15, -0.1) is 0 Å². The van der Waals surface area contributed by atoms with Gasteiger partial charge in [-0.2, -0.15) is 4.73 Å². The first-order valence-electron chi connectivity index (χ1n) is 15.9. The van der Waals surface area contributed by atoms with E-state index in [9.17, 15) is 19.9 Å². The summed E-state index contributed by atoms with van der Waals surface area (Å²) in [6.45, 7) is 2.23. The molecule has 7 rings (SSSR count). The third-order valence-electron chi connectivity index (χ3n) is 8.95. The highest BCUT2D eigenvalue weighted by atomic mass is 32.2. The number of carbonyl (C=O) groups excluding carboxylic acids is 2. The van der Waals surface area contributed by atoms with Crippen LogP contribution in [-0.4, -0.2) is 33.7 Å². The number of fused-ring (bicyclic) bond motifs is 1. The zero-order valence-electron chi connectivity index (χ0n) is 26.3. The predicted molar refractivity (Wildman–Crippen MR) is 182 cm³/mol. The number of imide groups is 1. The minimum atomic E-state index is -0.675. The molecule has 4 aromatic carbocycles. The summed E-state index contributed by atoms with van der Waals surface area (Å²) >= 11 is 1.45. The fourth-order valence-electron chi connectivity index (χ4n) is 6.28. The van der Waals surface area contributed by atoms with E-state index in [0.29, 0.717) is 21.9 Å². The fraction of sp³-hybridized carbons (Fsp3) is 0.205. The molecule has 242 valence electrons. The Morgan fingerprint density at radius 3 is 2.17 bits per heavy atom. The van der Waals surface area contributed by atoms with Gasteiger partial charge < -0.3 is 19.8 Å². The number of nitrogens with zero attached hydrogens (tertiary/aromatic N) is 2. The molecule has 1 fully saturated rings. The van der Waals surface area contributed by atoms with Crippen LogP contribution in [0.5, 0.6) is 0 Å². The molecule has 2 aliphatic heterocycles. The van der Waals surface area contributed by atoms with Crippen LogP contribution in [0.3, 0.4) is 0 Å². The Labute approximate surface area is 283 Å². The van der Waals surface area contributed by atoms with Crippen molar-refractivity contribution in [3.63, 3.8) is 0 Å². The number of carbonyl (C=O) groups is 2. The Bertz CT molecular complexity index is 1930. The van der Waals surface area contributed by atoms with Crippen molar-refractivity contribution >= 4 is 23.6 Å². The highest BCUT2D eigenvalue weighted by Gasteiger charge is 2.39. The van der Waals surface area contributed by atoms with Gasteiger partial charge in [0, 0.05) is 29.4 Å². The largest absolute Gasteiger partial charge is 0.618 e. The van der Waals surface area contributed by atoms with Crippen LogP contribution in [0.1, 0.15) is 62.3 Å². The maximum absolute atomic E-state index is 13.0. The van der Waals surface area contributed by atoms with Crippen molar-refractivity contribution in [1.29, 1.82) is 0 Å². The average Bonchev–Trinajstić information content (AvgIpc) is 3.36. The van der Waals surface area contributed by atoms with Crippen LogP contribution in [0.4, 0.5) is 0 Å². The average molecular weight is 659 g/mol. The Morgan fingerprint density at radius 1 is 0.771 bits per heavy atom. The van der Waals surface area contributed by atoms with Gasteiger partial charge in [0.1, 0.15) is 0 Å². The normalized spacial score (nSPS) is 20.6. The maximum atomic E-state index is 13.0. The van der Waals surface area contributed by atoms with Crippen LogP contribution in [-0.2, 0) is 22.6 Å². The van der Waals surface area contributed by atoms with Crippen LogP contribution in [0.25, 0.3) is 11.1 Å². The summed E-state index contributed by atoms with van der Waals surface area (Å²) in [6.07, 6.45) is 0.295. The number of aliphatic hydroxyl groups is 1. The van der Waals surface area contributed by atoms with Gasteiger partial charge in [0.05, 0.1) is 36.5 Å². The Kier molecular flexibility index (Phi) is 9.10. The minimum Gasteiger partial charge on any atom is -0.618 e. The predicted octanol–water partition coefficient (Wildman–Crippen LogP) is 6.86. The molecule has 3 heterocycles. The maximum Gasteiger partial charge on any atom is 0.261 e. The smallest absolute Gasteiger partial charge is 0.261 e. The number of rotatable bonds is 9. The number of hydrogen-bond acceptors (Lipinski definition) is 7. The number of aromatic nitrogens is 1. The lowest BCUT2D eigenvalue weighted by molar-refractivity contribution is -0.645. The molecule has 2 aliphatic rings. The van der Waals surface area contributed by atoms with Gasteiger partial charge in [-0.1, -0.05) is 91.5 Å². The molecule has 48 heavy (non-hydrogen) atoms. The van der Waals surface area contributed by atoms with Crippen LogP contribution in [0, 0.1) is 11.1 Å². The minimum absolute atomic E-state index is 0.0282. The number of aliphatic hydroxyl groups excluding tert-OH is 1. The summed E-state index contributed by atoms with van der Waals surface area (Å²) < 4.78 is 14.2. The summed E-state index contributed by atoms with van der Waals surface area (Å²) in [4.78, 5) is 27.3. The highest BCUT2D eigenvalue weighted by molar-refractivity contribution is 7.99. The molecule has 2 amide bonds. The number of amides is 2. The van der Waals surface area contributed by atoms with E-state index in [0.717, 1.165) is 38.1 Å². The molecule has 9 heteroatoms. The summed E-state index contributed by atoms with van der Waals surface area (Å²) in [6, 6.07) is 35.9. The molecule has 1 aromatic heterocycles. The van der Waals surface area contributed by atoms with Crippen LogP contribution in [0.15, 0.2) is 126 Å². The van der Waals surface area contributed by atoms with Crippen molar-refractivity contribution in [2.45, 2.75) is 43.6 Å². The van der Waals surface area contributed by atoms with E-state index in [-0.39, 0.29) is 43.1 Å². The summed E-state index contributed by atoms with van der Waals surface area (Å²) in [5, 5.41) is 22.5. The van der Waals surface area contributed by atoms with E-state index in [2.05, 4.69) is 6.92 Å². The Hall–Kier alpha value is -4.80. The topological polar surface area (TPSA) is 103 Å². The first-order chi connectivity index (χ1) is 23.4. The molecule has 1 saturated heterocycles. The van der Waals surface area contributed by atoms with E-state index < -0.39 is 6.29 Å². The van der Waals surface area contributed by atoms with Crippen molar-refractivity contribution in [2.75, 3.05) is 5.75 Å². The van der Waals surface area contributed by atoms with Crippen molar-refractivity contribution in [3.8, 4) is 11.1 Å². The number of hydrogen-bond donors (Lipinski definition) is 1. The molecule has 0 unspecified atom stereocenters. The van der Waals surface area contributed by atoms with Gasteiger partial charge in [0.25, 0.3) is 16.8 Å². The van der Waals surface area contributed by atoms with Crippen LogP contribution < -0.4 is 4.73 Å². The van der Waals surface area contributed by atoms with Gasteiger partial charge in [-0.25, -0.2) is 0 Å². The first kappa shape index (κ1) is 31.8. The fourth-order valence-corrected chi connectivity index (χ4v) is 7.36. The van der Waals surface area contributed by atoms with Crippen LogP contribution >= 0.6 is 11.8 Å². The van der Waals surface area contributed by atoms with Gasteiger partial charge >= 0.3 is 0 Å². The lowest BCUT2D eigenvalue weighted by Crippen LogP contribution is -2.39. The summed E-state index contributed by atoms with van der Waals surface area (Å²) in [5.74, 6) is -0.0404. The van der Waals surface area contributed by atoms with Gasteiger partial charge in [-0.3, -0.25) is 14.5 Å². The second-order valence-corrected chi connectivity index (χ2v) is 13.1. The molecule has 0 spiro atoms. The summed E-state index contributed by atoms with van der Waals surface area (Å²) in [5.41, 5.74) is 6.23. The third-order valence-corrected chi connectivity index (χ3v) is 10.1. The first-order valence-corrected chi connectivity index (χ1v) is 16.8. The standard InChI is InChI=1S/C39H34N2O6S/c1-25-34(24-48-35-14-4-5-19-41(35)45)46-39(47-36(25)28-17-15-26(23-42)16-18-28)31-11-7-10-30(21-31)29-9-6-8-27(20-29)22-40-37(43)32-12-2-3-13-33(32)38(40)44/h2-21,25,34,36,39,42H,22-24H2,1H3/t25-,34+,36+,39+/m1/s1. The summed E-state index contributed by atoms with van der Waals surface area (Å²) in [7, 11) is 0. The van der Waals surface area contributed by atoms with Gasteiger partial charge in [0.15, 0.2) is 12.5 Å². The van der Waals surface area contributed by atoms with E-state index in [1.165, 1.54) is 22.9 Å². The lowest BCUT2D eigenvalue weighted by atomic mass is 9.91. The van der Waals surface area contributed by atoms with Crippen LogP contribution in [0.2, 0.25) is 0 Å². The molecular weight excluding hydrogens is 625 g/mol. The van der Waals surface area contributed by atoms with Gasteiger partial charge in [-0.05, 0) is 58.1 Å². The van der Waals surface area contributed by atoms with E-state index in [1.54, 1.807) is 36.4 Å². The van der Waals surface area contributed by atoms with E-state index in [4.69, 9.17) is 9.47 Å². The number of ether oxygens (including phenoxy) is 2. The number of benzene rings is 4. The van der Waals surface area contributed by atoms with E-state index in [1.807, 2.05) is 78.9 Å². The Morgan fingerprint density at radius 2 is 1.46 bits per heavy atom. The highest BCUT2D eigenvalue weighted by Crippen LogP contribution is 2.43. The molecule has 1 N–H and O–H groups in total. The molecule has 4 atom stereocenters. The van der Waals surface area contributed by atoms with Crippen molar-refractivity contribution in [2.24, 2.45) is 5.92 Å². The monoisotopic (exact) mass is 658 g/mol. The molecular formula is C39H34N2O6S. The zero-order chi connectivity index (χ0) is 33.2. The zero-order valence-corrected chi connectivity index (χ0v) is 27.1. The van der Waals surface area contributed by atoms with Crippen molar-refractivity contribution in [3.05, 3.63) is 160 Å². The SMILES string of the molecule is C[C@@H]1[C@H](CSc2cccc[n+]2[O-])O[C@H](c2cccc(-c3cccc(CN4C(=O)c5ccccc5C4=O)c3)c2)O[C@@H]1c1ccc(CO)cc1. The third kappa shape index (κ3) is 6.37. The van der Waals surface area contributed by atoms with Gasteiger partial charge in [0.2, 0.25) is 0 Å². The quantitative estimate of drug-likeness (QED) is 0.0799. The molecule has 5 aromatic rings. The molecule has 8 nitrogen and oxygen atoms in total. The molecule has 0 aliphatic carbocycles. The lowest BCUT2D eigenvalue weighted by Gasteiger charge is -2.41. The molecule has 0 radical (unpaired) electrons. The second kappa shape index (κ2) is 13.7. The van der Waals surface area contributed by atoms with Crippen molar-refractivity contribution < 1.29 is 28.9 Å². The second-order valence-electron chi connectivity index (χ2n) is 12.1. The van der Waals surface area contributed by atoms with E-state index >= 15 is 0 Å². The Balaban J connectivity index is 1.14. The molecule has 0 saturated carbocycles. The number of pyridine rings is 1. The molecule has 0 bridgehead atoms. The number of thioether (sulfide) groups is 1.